The number of methoxy groups -OCH3 is 1. The molecule has 0 N–H and O–H groups in total. The molecule has 33 heavy (non-hydrogen) atoms. The number of nitriles is 1. The van der Waals surface area contributed by atoms with Gasteiger partial charge in [-0.15, -0.1) is 0 Å². The van der Waals surface area contributed by atoms with Crippen molar-refractivity contribution in [2.45, 2.75) is 39.7 Å². The Hall–Kier alpha value is -3.85. The summed E-state index contributed by atoms with van der Waals surface area (Å²) in [6.45, 7) is 4.47. The molecule has 1 aliphatic rings. The summed E-state index contributed by atoms with van der Waals surface area (Å²) < 4.78 is 11.3. The maximum absolute atomic E-state index is 13.3. The van der Waals surface area contributed by atoms with E-state index in [2.05, 4.69) is 6.92 Å². The average Bonchev–Trinajstić information content (AvgIpc) is 2.83. The maximum Gasteiger partial charge on any atom is 0.271 e. The first kappa shape index (κ1) is 23.8. The molecule has 2 amide bonds. The molecule has 0 bridgehead atoms. The van der Waals surface area contributed by atoms with Crippen molar-refractivity contribution in [1.82, 2.24) is 4.90 Å². The van der Waals surface area contributed by atoms with Gasteiger partial charge in [0.05, 0.1) is 20.3 Å². The molecule has 0 aromatic heterocycles. The fraction of sp³-hybridized carbons (Fsp3) is 0.296. The van der Waals surface area contributed by atoms with Crippen molar-refractivity contribution in [1.29, 1.82) is 5.26 Å². The van der Waals surface area contributed by atoms with Crippen molar-refractivity contribution < 1.29 is 19.1 Å². The van der Waals surface area contributed by atoms with Gasteiger partial charge in [0, 0.05) is 5.57 Å². The number of imide groups is 1. The molecule has 0 unspecified atom stereocenters. The smallest absolute Gasteiger partial charge is 0.271 e. The van der Waals surface area contributed by atoms with Crippen LogP contribution < -0.4 is 9.47 Å². The minimum Gasteiger partial charge on any atom is -0.493 e. The van der Waals surface area contributed by atoms with Gasteiger partial charge < -0.3 is 9.47 Å². The minimum absolute atomic E-state index is 0.0281. The van der Waals surface area contributed by atoms with Gasteiger partial charge in [-0.05, 0) is 48.3 Å². The first-order chi connectivity index (χ1) is 16.0. The number of hydrogen-bond donors (Lipinski definition) is 0. The van der Waals surface area contributed by atoms with E-state index in [4.69, 9.17) is 9.47 Å². The number of carbonyl (C=O) groups is 2. The summed E-state index contributed by atoms with van der Waals surface area (Å²) in [5.41, 5.74) is 2.17. The van der Waals surface area contributed by atoms with Crippen LogP contribution in [0.5, 0.6) is 11.5 Å². The summed E-state index contributed by atoms with van der Waals surface area (Å²) >= 11 is 0. The lowest BCUT2D eigenvalue weighted by atomic mass is 9.93. The van der Waals surface area contributed by atoms with Crippen molar-refractivity contribution in [3.05, 3.63) is 76.4 Å². The first-order valence-electron chi connectivity index (χ1n) is 11.0. The van der Waals surface area contributed by atoms with Gasteiger partial charge in [-0.1, -0.05) is 56.2 Å². The third-order valence-electron chi connectivity index (χ3n) is 5.51. The highest BCUT2D eigenvalue weighted by atomic mass is 16.5. The summed E-state index contributed by atoms with van der Waals surface area (Å²) in [4.78, 5) is 27.2. The van der Waals surface area contributed by atoms with Crippen LogP contribution in [-0.2, 0) is 16.1 Å². The summed E-state index contributed by atoms with van der Waals surface area (Å²) in [7, 11) is 1.57. The van der Waals surface area contributed by atoms with Crippen molar-refractivity contribution in [2.75, 3.05) is 13.7 Å². The Labute approximate surface area is 194 Å². The van der Waals surface area contributed by atoms with Crippen LogP contribution in [0.4, 0.5) is 0 Å². The predicted molar refractivity (Wildman–Crippen MR) is 126 cm³/mol. The van der Waals surface area contributed by atoms with Gasteiger partial charge in [0.1, 0.15) is 11.6 Å². The van der Waals surface area contributed by atoms with Crippen molar-refractivity contribution >= 4 is 17.9 Å². The molecule has 6 nitrogen and oxygen atoms in total. The van der Waals surface area contributed by atoms with Gasteiger partial charge >= 0.3 is 0 Å². The largest absolute Gasteiger partial charge is 0.493 e. The van der Waals surface area contributed by atoms with Gasteiger partial charge in [0.15, 0.2) is 11.5 Å². The van der Waals surface area contributed by atoms with Crippen LogP contribution >= 0.6 is 0 Å². The van der Waals surface area contributed by atoms with E-state index in [1.54, 1.807) is 26.2 Å². The molecule has 170 valence electrons. The van der Waals surface area contributed by atoms with Gasteiger partial charge in [0.25, 0.3) is 11.8 Å². The molecule has 1 aliphatic heterocycles. The number of ether oxygens (including phenoxy) is 2. The van der Waals surface area contributed by atoms with Crippen molar-refractivity contribution in [2.24, 2.45) is 0 Å². The molecule has 0 aliphatic carbocycles. The van der Waals surface area contributed by atoms with E-state index in [1.165, 1.54) is 0 Å². The van der Waals surface area contributed by atoms with Crippen LogP contribution in [0, 0.1) is 11.3 Å². The number of hydrogen-bond acceptors (Lipinski definition) is 5. The standard InChI is InChI=1S/C27H28N2O4/c1-4-5-9-14-33-24-13-12-21(16-25(24)32-3)15-22-19(2)23(17-28)27(31)29(26(22)30)18-20-10-7-6-8-11-20/h6-8,10-13,15-16H,4-5,9,14,18H2,1-3H3/b22-15+. The minimum atomic E-state index is -0.575. The van der Waals surface area contributed by atoms with Gasteiger partial charge in [-0.2, -0.15) is 5.26 Å². The second kappa shape index (κ2) is 11.1. The molecule has 2 aromatic carbocycles. The molecule has 0 fully saturated rings. The highest BCUT2D eigenvalue weighted by Crippen LogP contribution is 2.32. The lowest BCUT2D eigenvalue weighted by Gasteiger charge is -2.27. The average molecular weight is 445 g/mol. The first-order valence-corrected chi connectivity index (χ1v) is 11.0. The fourth-order valence-corrected chi connectivity index (χ4v) is 3.63. The van der Waals surface area contributed by atoms with Crippen LogP contribution in [0.15, 0.2) is 65.3 Å². The van der Waals surface area contributed by atoms with E-state index in [9.17, 15) is 14.9 Å². The summed E-state index contributed by atoms with van der Waals surface area (Å²) in [6.07, 6.45) is 4.86. The molecule has 0 radical (unpaired) electrons. The van der Waals surface area contributed by atoms with Gasteiger partial charge in [-0.25, -0.2) is 0 Å². The molecular formula is C27H28N2O4. The lowest BCUT2D eigenvalue weighted by molar-refractivity contribution is -0.141. The number of nitrogens with zero attached hydrogens (tertiary/aromatic N) is 2. The van der Waals surface area contributed by atoms with Crippen LogP contribution in [0.1, 0.15) is 44.2 Å². The van der Waals surface area contributed by atoms with Crippen molar-refractivity contribution in [3.8, 4) is 17.6 Å². The van der Waals surface area contributed by atoms with Crippen LogP contribution in [-0.4, -0.2) is 30.4 Å². The topological polar surface area (TPSA) is 79.6 Å². The SMILES string of the molecule is CCCCCOc1ccc(/C=C2/C(=O)N(Cc3ccccc3)C(=O)C(C#N)=C2C)cc1OC. The quantitative estimate of drug-likeness (QED) is 0.307. The molecule has 6 heteroatoms. The Morgan fingerprint density at radius 2 is 1.79 bits per heavy atom. The maximum atomic E-state index is 13.3. The Morgan fingerprint density at radius 1 is 1.03 bits per heavy atom. The Kier molecular flexibility index (Phi) is 8.04. The van der Waals surface area contributed by atoms with E-state index >= 15 is 0 Å². The molecule has 0 saturated heterocycles. The van der Waals surface area contributed by atoms with Crippen LogP contribution in [0.25, 0.3) is 6.08 Å². The molecular weight excluding hydrogens is 416 g/mol. The van der Waals surface area contributed by atoms with E-state index in [-0.39, 0.29) is 12.1 Å². The van der Waals surface area contributed by atoms with Gasteiger partial charge in [0.2, 0.25) is 0 Å². The Bertz CT molecular complexity index is 1130. The summed E-state index contributed by atoms with van der Waals surface area (Å²) in [6, 6.07) is 16.6. The number of rotatable bonds is 9. The van der Waals surface area contributed by atoms with Crippen LogP contribution in [0.2, 0.25) is 0 Å². The number of carbonyl (C=O) groups excluding carboxylic acids is 2. The number of unbranched alkanes of at least 4 members (excludes halogenated alkanes) is 2. The Morgan fingerprint density at radius 3 is 2.45 bits per heavy atom. The van der Waals surface area contributed by atoms with Crippen LogP contribution in [0.3, 0.4) is 0 Å². The summed E-state index contributed by atoms with van der Waals surface area (Å²) in [5.74, 6) is 0.189. The Balaban J connectivity index is 1.93. The zero-order valence-electron chi connectivity index (χ0n) is 19.3. The highest BCUT2D eigenvalue weighted by Gasteiger charge is 2.35. The second-order valence-corrected chi connectivity index (χ2v) is 7.82. The lowest BCUT2D eigenvalue weighted by Crippen LogP contribution is -2.42. The summed E-state index contributed by atoms with van der Waals surface area (Å²) in [5, 5.41) is 9.59. The van der Waals surface area contributed by atoms with Gasteiger partial charge in [-0.3, -0.25) is 14.5 Å². The zero-order chi connectivity index (χ0) is 23.8. The van der Waals surface area contributed by atoms with E-state index in [0.717, 1.165) is 29.7 Å². The number of benzene rings is 2. The molecule has 1 heterocycles. The predicted octanol–water partition coefficient (Wildman–Crippen LogP) is 5.06. The fourth-order valence-electron chi connectivity index (χ4n) is 3.63. The molecule has 3 rings (SSSR count). The molecule has 2 aromatic rings. The molecule has 0 spiro atoms. The molecule has 0 saturated carbocycles. The molecule has 0 atom stereocenters. The highest BCUT2D eigenvalue weighted by molar-refractivity contribution is 6.19. The van der Waals surface area contributed by atoms with Crippen molar-refractivity contribution in [3.63, 3.8) is 0 Å². The second-order valence-electron chi connectivity index (χ2n) is 7.82. The van der Waals surface area contributed by atoms with E-state index < -0.39 is 11.8 Å². The normalized spacial score (nSPS) is 15.1. The third-order valence-corrected chi connectivity index (χ3v) is 5.51. The third kappa shape index (κ3) is 5.50. The van der Waals surface area contributed by atoms with E-state index in [1.807, 2.05) is 48.5 Å². The monoisotopic (exact) mass is 444 g/mol. The van der Waals surface area contributed by atoms with E-state index in [0.29, 0.717) is 34.8 Å². The zero-order valence-corrected chi connectivity index (χ0v) is 19.3. The number of amides is 2.